The third kappa shape index (κ3) is 4.15. The van der Waals surface area contributed by atoms with Gasteiger partial charge in [-0.3, -0.25) is 9.89 Å². The number of ether oxygens (including phenoxy) is 1. The van der Waals surface area contributed by atoms with Crippen LogP contribution in [-0.4, -0.2) is 31.9 Å². The third-order valence-electron chi connectivity index (χ3n) is 6.04. The molecule has 2 N–H and O–H groups in total. The molecular formula is C28H22N6O2S. The first-order chi connectivity index (χ1) is 18.1. The summed E-state index contributed by atoms with van der Waals surface area (Å²) in [5.41, 5.74) is 4.92. The summed E-state index contributed by atoms with van der Waals surface area (Å²) in [6.45, 7) is 1.88. The van der Waals surface area contributed by atoms with Gasteiger partial charge in [0.05, 0.1) is 23.9 Å². The number of hydrogen-bond donors (Lipinski definition) is 2. The summed E-state index contributed by atoms with van der Waals surface area (Å²) in [7, 11) is 1.61. The van der Waals surface area contributed by atoms with Crippen LogP contribution in [0.2, 0.25) is 0 Å². The predicted octanol–water partition coefficient (Wildman–Crippen LogP) is 5.94. The highest BCUT2D eigenvalue weighted by molar-refractivity contribution is 7.15. The SMILES string of the molecule is COc1ccc(-c2c(Nc3nnc(C)s3)nc3c(-c4ccccc4)c(-c4ccccc4)[nH]n3c2=O)cc1. The Morgan fingerprint density at radius 3 is 2.11 bits per heavy atom. The largest absolute Gasteiger partial charge is 0.497 e. The quantitative estimate of drug-likeness (QED) is 0.290. The first kappa shape index (κ1) is 22.7. The van der Waals surface area contributed by atoms with Gasteiger partial charge in [0.2, 0.25) is 5.13 Å². The normalized spacial score (nSPS) is 11.1. The van der Waals surface area contributed by atoms with Crippen LogP contribution in [0.5, 0.6) is 5.75 Å². The van der Waals surface area contributed by atoms with Crippen molar-refractivity contribution in [2.45, 2.75) is 6.92 Å². The number of nitrogens with one attached hydrogen (secondary N) is 2. The van der Waals surface area contributed by atoms with E-state index in [1.165, 1.54) is 15.9 Å². The molecule has 3 aromatic heterocycles. The summed E-state index contributed by atoms with van der Waals surface area (Å²) in [5, 5.41) is 16.3. The molecule has 0 spiro atoms. The van der Waals surface area contributed by atoms with E-state index in [9.17, 15) is 4.79 Å². The molecule has 0 radical (unpaired) electrons. The number of H-pyrrole nitrogens is 1. The fraction of sp³-hybridized carbons (Fsp3) is 0.0714. The molecule has 6 rings (SSSR count). The first-order valence-electron chi connectivity index (χ1n) is 11.6. The maximum absolute atomic E-state index is 14.1. The van der Waals surface area contributed by atoms with Gasteiger partial charge in [0.1, 0.15) is 16.6 Å². The molecular weight excluding hydrogens is 484 g/mol. The Morgan fingerprint density at radius 1 is 0.838 bits per heavy atom. The Bertz CT molecular complexity index is 1760. The van der Waals surface area contributed by atoms with Gasteiger partial charge in [-0.25, -0.2) is 4.98 Å². The molecule has 0 atom stereocenters. The molecule has 0 saturated heterocycles. The first-order valence-corrected chi connectivity index (χ1v) is 12.4. The van der Waals surface area contributed by atoms with E-state index in [4.69, 9.17) is 9.72 Å². The molecule has 3 heterocycles. The monoisotopic (exact) mass is 506 g/mol. The second-order valence-corrected chi connectivity index (χ2v) is 9.55. The number of fused-ring (bicyclic) bond motifs is 1. The van der Waals surface area contributed by atoms with Gasteiger partial charge in [-0.15, -0.1) is 10.2 Å². The van der Waals surface area contributed by atoms with Crippen molar-refractivity contribution in [3.8, 4) is 39.3 Å². The van der Waals surface area contributed by atoms with Gasteiger partial charge in [0.15, 0.2) is 5.65 Å². The van der Waals surface area contributed by atoms with Gasteiger partial charge in [0, 0.05) is 5.56 Å². The van der Waals surface area contributed by atoms with E-state index in [0.717, 1.165) is 27.4 Å². The van der Waals surface area contributed by atoms with Crippen LogP contribution in [0.1, 0.15) is 5.01 Å². The molecule has 6 aromatic rings. The minimum Gasteiger partial charge on any atom is -0.497 e. The second kappa shape index (κ2) is 9.36. The lowest BCUT2D eigenvalue weighted by molar-refractivity contribution is 0.415. The van der Waals surface area contributed by atoms with Crippen molar-refractivity contribution in [3.63, 3.8) is 0 Å². The van der Waals surface area contributed by atoms with E-state index in [1.54, 1.807) is 7.11 Å². The summed E-state index contributed by atoms with van der Waals surface area (Å²) < 4.78 is 6.83. The maximum Gasteiger partial charge on any atom is 0.282 e. The number of aromatic amines is 1. The highest BCUT2D eigenvalue weighted by atomic mass is 32.1. The van der Waals surface area contributed by atoms with Crippen LogP contribution >= 0.6 is 11.3 Å². The zero-order valence-electron chi connectivity index (χ0n) is 20.1. The fourth-order valence-electron chi connectivity index (χ4n) is 4.32. The van der Waals surface area contributed by atoms with Gasteiger partial charge >= 0.3 is 0 Å². The van der Waals surface area contributed by atoms with E-state index in [0.29, 0.717) is 33.5 Å². The zero-order valence-corrected chi connectivity index (χ0v) is 20.9. The van der Waals surface area contributed by atoms with Gasteiger partial charge in [-0.2, -0.15) is 4.52 Å². The van der Waals surface area contributed by atoms with Crippen LogP contribution < -0.4 is 15.6 Å². The highest BCUT2D eigenvalue weighted by Gasteiger charge is 2.23. The Labute approximate surface area is 216 Å². The molecule has 3 aromatic carbocycles. The number of rotatable bonds is 6. The lowest BCUT2D eigenvalue weighted by Gasteiger charge is -2.11. The molecule has 0 aliphatic carbocycles. The number of aromatic nitrogens is 5. The lowest BCUT2D eigenvalue weighted by Crippen LogP contribution is -2.19. The summed E-state index contributed by atoms with van der Waals surface area (Å²) >= 11 is 1.40. The van der Waals surface area contributed by atoms with Gasteiger partial charge < -0.3 is 10.1 Å². The minimum atomic E-state index is -0.238. The van der Waals surface area contributed by atoms with Crippen LogP contribution in [-0.2, 0) is 0 Å². The average Bonchev–Trinajstić information content (AvgIpc) is 3.53. The highest BCUT2D eigenvalue weighted by Crippen LogP contribution is 2.36. The van der Waals surface area contributed by atoms with E-state index in [1.807, 2.05) is 91.9 Å². The fourth-order valence-corrected chi connectivity index (χ4v) is 4.91. The Hall–Kier alpha value is -4.76. The minimum absolute atomic E-state index is 0.238. The van der Waals surface area contributed by atoms with Crippen molar-refractivity contribution in [2.24, 2.45) is 0 Å². The van der Waals surface area contributed by atoms with Crippen LogP contribution in [0.3, 0.4) is 0 Å². The van der Waals surface area contributed by atoms with Crippen LogP contribution in [0.15, 0.2) is 89.7 Å². The molecule has 0 unspecified atom stereocenters. The average molecular weight is 507 g/mol. The summed E-state index contributed by atoms with van der Waals surface area (Å²) in [5.74, 6) is 1.10. The van der Waals surface area contributed by atoms with Crippen molar-refractivity contribution < 1.29 is 4.74 Å². The number of nitrogens with zero attached hydrogens (tertiary/aromatic N) is 4. The molecule has 0 aliphatic heterocycles. The van der Waals surface area contributed by atoms with Gasteiger partial charge in [-0.05, 0) is 30.2 Å². The topological polar surface area (TPSA) is 97.2 Å². The number of anilines is 2. The van der Waals surface area contributed by atoms with Crippen molar-refractivity contribution in [3.05, 3.63) is 100 Å². The van der Waals surface area contributed by atoms with E-state index < -0.39 is 0 Å². The molecule has 37 heavy (non-hydrogen) atoms. The van der Waals surface area contributed by atoms with Gasteiger partial charge in [-0.1, -0.05) is 84.1 Å². The molecule has 0 amide bonds. The molecule has 0 bridgehead atoms. The van der Waals surface area contributed by atoms with E-state index in [-0.39, 0.29) is 5.56 Å². The van der Waals surface area contributed by atoms with Crippen molar-refractivity contribution in [1.82, 2.24) is 24.8 Å². The summed E-state index contributed by atoms with van der Waals surface area (Å²) in [6.07, 6.45) is 0. The molecule has 182 valence electrons. The smallest absolute Gasteiger partial charge is 0.282 e. The van der Waals surface area contributed by atoms with E-state index in [2.05, 4.69) is 20.6 Å². The van der Waals surface area contributed by atoms with Crippen molar-refractivity contribution >= 4 is 27.9 Å². The van der Waals surface area contributed by atoms with Crippen LogP contribution in [0.25, 0.3) is 39.2 Å². The number of methoxy groups -OCH3 is 1. The molecule has 0 aliphatic rings. The number of aryl methyl sites for hydroxylation is 1. The van der Waals surface area contributed by atoms with Gasteiger partial charge in [0.25, 0.3) is 5.56 Å². The van der Waals surface area contributed by atoms with Crippen molar-refractivity contribution in [1.29, 1.82) is 0 Å². The van der Waals surface area contributed by atoms with Crippen LogP contribution in [0, 0.1) is 6.92 Å². The Morgan fingerprint density at radius 2 is 1.49 bits per heavy atom. The molecule has 0 saturated carbocycles. The maximum atomic E-state index is 14.1. The Balaban J connectivity index is 1.67. The van der Waals surface area contributed by atoms with Crippen molar-refractivity contribution in [2.75, 3.05) is 12.4 Å². The number of hydrogen-bond acceptors (Lipinski definition) is 7. The Kier molecular flexibility index (Phi) is 5.74. The molecule has 9 heteroatoms. The molecule has 0 fully saturated rings. The third-order valence-corrected chi connectivity index (χ3v) is 6.79. The number of benzene rings is 3. The summed E-state index contributed by atoms with van der Waals surface area (Å²) in [4.78, 5) is 19.1. The standard InChI is InChI=1S/C28H22N6O2S/c1-17-31-32-28(37-17)30-25-23(19-13-15-21(36-2)16-14-19)27(35)34-26(29-25)22(18-9-5-3-6-10-18)24(33-34)20-11-7-4-8-12-20/h3-16,33H,1-2H3,(H,30,32). The van der Waals surface area contributed by atoms with E-state index >= 15 is 0 Å². The second-order valence-electron chi connectivity index (χ2n) is 8.37. The molecule has 8 nitrogen and oxygen atoms in total. The zero-order chi connectivity index (χ0) is 25.4. The van der Waals surface area contributed by atoms with Crippen LogP contribution in [0.4, 0.5) is 10.9 Å². The lowest BCUT2D eigenvalue weighted by atomic mass is 10.0. The summed E-state index contributed by atoms with van der Waals surface area (Å²) in [6, 6.07) is 27.2. The predicted molar refractivity (Wildman–Crippen MR) is 147 cm³/mol.